The molecule has 9 heteroatoms. The largest absolute Gasteiger partial charge is 0.497 e. The van der Waals surface area contributed by atoms with Crippen LogP contribution < -0.4 is 15.4 Å². The molecule has 2 N–H and O–H groups in total. The summed E-state index contributed by atoms with van der Waals surface area (Å²) >= 11 is 5.18. The summed E-state index contributed by atoms with van der Waals surface area (Å²) in [6.07, 6.45) is 4.79. The van der Waals surface area contributed by atoms with Crippen molar-refractivity contribution in [3.63, 3.8) is 0 Å². The Morgan fingerprint density at radius 3 is 2.31 bits per heavy atom. The number of thiocarbonyl (C=S) groups is 1. The molecule has 32 heavy (non-hydrogen) atoms. The van der Waals surface area contributed by atoms with Crippen LogP contribution in [0.3, 0.4) is 0 Å². The highest BCUT2D eigenvalue weighted by molar-refractivity contribution is 7.89. The first-order chi connectivity index (χ1) is 15.3. The molecule has 0 bridgehead atoms. The maximum atomic E-state index is 12.8. The third kappa shape index (κ3) is 6.38. The van der Waals surface area contributed by atoms with Gasteiger partial charge >= 0.3 is 0 Å². The van der Waals surface area contributed by atoms with Gasteiger partial charge in [-0.1, -0.05) is 19.1 Å². The number of nitrogens with one attached hydrogen (secondary N) is 2. The van der Waals surface area contributed by atoms with Gasteiger partial charge in [0.25, 0.3) is 0 Å². The van der Waals surface area contributed by atoms with Gasteiger partial charge in [-0.15, -0.1) is 0 Å². The maximum Gasteiger partial charge on any atom is 0.250 e. The van der Waals surface area contributed by atoms with Crippen molar-refractivity contribution in [1.29, 1.82) is 0 Å². The lowest BCUT2D eigenvalue weighted by atomic mass is 10.0. The molecule has 0 aromatic heterocycles. The predicted octanol–water partition coefficient (Wildman–Crippen LogP) is 3.64. The maximum absolute atomic E-state index is 12.8. The summed E-state index contributed by atoms with van der Waals surface area (Å²) in [5.74, 6) is 0.911. The second-order valence-electron chi connectivity index (χ2n) is 7.66. The molecular weight excluding hydrogens is 446 g/mol. The second-order valence-corrected chi connectivity index (χ2v) is 10.0. The van der Waals surface area contributed by atoms with Crippen molar-refractivity contribution in [3.8, 4) is 5.75 Å². The molecule has 3 rings (SSSR count). The standard InChI is InChI=1S/C23H27N3O4S2/c1-17-13-15-26(16-14-17)32(28,29)21-10-6-19(7-11-21)24-23(31)25-22(27)12-5-18-3-8-20(30-2)9-4-18/h3-12,17H,13-16H2,1-2H3,(H2,24,25,27,31)/b12-5+. The first kappa shape index (κ1) is 23.9. The number of benzene rings is 2. The fourth-order valence-electron chi connectivity index (χ4n) is 3.29. The minimum absolute atomic E-state index is 0.120. The lowest BCUT2D eigenvalue weighted by Crippen LogP contribution is -2.37. The number of sulfonamides is 1. The second kappa shape index (κ2) is 10.7. The Morgan fingerprint density at radius 2 is 1.72 bits per heavy atom. The Kier molecular flexibility index (Phi) is 8.00. The van der Waals surface area contributed by atoms with Crippen LogP contribution in [0.15, 0.2) is 59.5 Å². The molecule has 0 atom stereocenters. The minimum Gasteiger partial charge on any atom is -0.497 e. The van der Waals surface area contributed by atoms with E-state index in [1.807, 2.05) is 12.1 Å². The van der Waals surface area contributed by atoms with Crippen molar-refractivity contribution in [2.75, 3.05) is 25.5 Å². The Morgan fingerprint density at radius 1 is 1.09 bits per heavy atom. The number of nitrogens with zero attached hydrogens (tertiary/aromatic N) is 1. The van der Waals surface area contributed by atoms with E-state index in [0.717, 1.165) is 24.2 Å². The lowest BCUT2D eigenvalue weighted by molar-refractivity contribution is -0.115. The smallest absolute Gasteiger partial charge is 0.250 e. The number of methoxy groups -OCH3 is 1. The molecular formula is C23H27N3O4S2. The molecule has 0 spiro atoms. The van der Waals surface area contributed by atoms with Crippen LogP contribution in [0.4, 0.5) is 5.69 Å². The Hall–Kier alpha value is -2.75. The summed E-state index contributed by atoms with van der Waals surface area (Å²) in [4.78, 5) is 12.3. The van der Waals surface area contributed by atoms with Gasteiger partial charge in [-0.3, -0.25) is 10.1 Å². The third-order valence-electron chi connectivity index (χ3n) is 5.27. The summed E-state index contributed by atoms with van der Waals surface area (Å²) in [5.41, 5.74) is 1.43. The molecule has 1 saturated heterocycles. The van der Waals surface area contributed by atoms with E-state index in [4.69, 9.17) is 17.0 Å². The first-order valence-corrected chi connectivity index (χ1v) is 12.2. The van der Waals surface area contributed by atoms with E-state index in [9.17, 15) is 13.2 Å². The van der Waals surface area contributed by atoms with Crippen LogP contribution in [-0.2, 0) is 14.8 Å². The van der Waals surface area contributed by atoms with Gasteiger partial charge in [-0.25, -0.2) is 8.42 Å². The molecule has 0 saturated carbocycles. The zero-order valence-corrected chi connectivity index (χ0v) is 19.7. The van der Waals surface area contributed by atoms with E-state index in [1.165, 1.54) is 10.4 Å². The van der Waals surface area contributed by atoms with E-state index >= 15 is 0 Å². The van der Waals surface area contributed by atoms with E-state index in [-0.39, 0.29) is 15.9 Å². The summed E-state index contributed by atoms with van der Waals surface area (Å²) < 4.78 is 32.2. The van der Waals surface area contributed by atoms with Gasteiger partial charge in [-0.05, 0) is 79.0 Å². The van der Waals surface area contributed by atoms with Crippen molar-refractivity contribution in [3.05, 3.63) is 60.2 Å². The van der Waals surface area contributed by atoms with Crippen molar-refractivity contribution in [2.24, 2.45) is 5.92 Å². The number of hydrogen-bond acceptors (Lipinski definition) is 5. The highest BCUT2D eigenvalue weighted by Gasteiger charge is 2.27. The summed E-state index contributed by atoms with van der Waals surface area (Å²) in [6, 6.07) is 13.6. The lowest BCUT2D eigenvalue weighted by Gasteiger charge is -2.29. The molecule has 170 valence electrons. The van der Waals surface area contributed by atoms with Crippen LogP contribution >= 0.6 is 12.2 Å². The normalized spacial score (nSPS) is 15.4. The highest BCUT2D eigenvalue weighted by Crippen LogP contribution is 2.24. The van der Waals surface area contributed by atoms with Gasteiger partial charge in [0.15, 0.2) is 5.11 Å². The van der Waals surface area contributed by atoms with E-state index in [1.54, 1.807) is 49.6 Å². The van der Waals surface area contributed by atoms with Gasteiger partial charge in [0.2, 0.25) is 15.9 Å². The molecule has 1 heterocycles. The number of amides is 1. The molecule has 0 unspecified atom stereocenters. The predicted molar refractivity (Wildman–Crippen MR) is 130 cm³/mol. The number of carbonyl (C=O) groups excluding carboxylic acids is 1. The zero-order chi connectivity index (χ0) is 23.1. The van der Waals surface area contributed by atoms with E-state index in [0.29, 0.717) is 24.7 Å². The average molecular weight is 474 g/mol. The number of anilines is 1. The van der Waals surface area contributed by atoms with Crippen molar-refractivity contribution < 1.29 is 17.9 Å². The highest BCUT2D eigenvalue weighted by atomic mass is 32.2. The molecule has 7 nitrogen and oxygen atoms in total. The Balaban J connectivity index is 1.53. The van der Waals surface area contributed by atoms with Gasteiger partial charge in [0.1, 0.15) is 5.75 Å². The quantitative estimate of drug-likeness (QED) is 0.492. The van der Waals surface area contributed by atoms with Gasteiger partial charge in [0, 0.05) is 24.9 Å². The van der Waals surface area contributed by atoms with Crippen LogP contribution in [0, 0.1) is 5.92 Å². The molecule has 2 aromatic carbocycles. The molecule has 0 aliphatic carbocycles. The minimum atomic E-state index is -3.50. The fourth-order valence-corrected chi connectivity index (χ4v) is 4.98. The number of carbonyl (C=O) groups is 1. The Bertz CT molecular complexity index is 1070. The van der Waals surface area contributed by atoms with Gasteiger partial charge < -0.3 is 10.1 Å². The number of ether oxygens (including phenoxy) is 1. The number of rotatable bonds is 6. The topological polar surface area (TPSA) is 87.7 Å². The summed E-state index contributed by atoms with van der Waals surface area (Å²) in [6.45, 7) is 3.23. The third-order valence-corrected chi connectivity index (χ3v) is 7.39. The summed E-state index contributed by atoms with van der Waals surface area (Å²) in [7, 11) is -1.91. The molecule has 2 aromatic rings. The molecule has 0 radical (unpaired) electrons. The zero-order valence-electron chi connectivity index (χ0n) is 18.1. The molecule has 1 amide bonds. The van der Waals surface area contributed by atoms with Crippen molar-refractivity contribution in [2.45, 2.75) is 24.7 Å². The van der Waals surface area contributed by atoms with Crippen LogP contribution in [0.1, 0.15) is 25.3 Å². The molecule has 1 fully saturated rings. The van der Waals surface area contributed by atoms with Gasteiger partial charge in [-0.2, -0.15) is 4.31 Å². The van der Waals surface area contributed by atoms with E-state index in [2.05, 4.69) is 17.6 Å². The fraction of sp³-hybridized carbons (Fsp3) is 0.304. The summed E-state index contributed by atoms with van der Waals surface area (Å²) in [5, 5.41) is 5.58. The van der Waals surface area contributed by atoms with Crippen molar-refractivity contribution in [1.82, 2.24) is 9.62 Å². The van der Waals surface area contributed by atoms with Crippen molar-refractivity contribution >= 4 is 45.0 Å². The molecule has 1 aliphatic rings. The SMILES string of the molecule is COc1ccc(/C=C/C(=O)NC(=S)Nc2ccc(S(=O)(=O)N3CCC(C)CC3)cc2)cc1. The number of piperidine rings is 1. The van der Waals surface area contributed by atoms with Crippen LogP contribution in [0.5, 0.6) is 5.75 Å². The van der Waals surface area contributed by atoms with Gasteiger partial charge in [0.05, 0.1) is 12.0 Å². The Labute approximate surface area is 194 Å². The number of hydrogen-bond donors (Lipinski definition) is 2. The van der Waals surface area contributed by atoms with Crippen LogP contribution in [0.25, 0.3) is 6.08 Å². The van der Waals surface area contributed by atoms with Crippen LogP contribution in [0.2, 0.25) is 0 Å². The monoisotopic (exact) mass is 473 g/mol. The molecule has 1 aliphatic heterocycles. The first-order valence-electron chi connectivity index (χ1n) is 10.3. The van der Waals surface area contributed by atoms with E-state index < -0.39 is 10.0 Å². The van der Waals surface area contributed by atoms with Crippen LogP contribution in [-0.4, -0.2) is 43.9 Å². The average Bonchev–Trinajstić information content (AvgIpc) is 2.78.